The van der Waals surface area contributed by atoms with Crippen LogP contribution in [0.25, 0.3) is 0 Å². The molecule has 0 unspecified atom stereocenters. The smallest absolute Gasteiger partial charge is 0.343 e. The van der Waals surface area contributed by atoms with Gasteiger partial charge in [-0.05, 0) is 62.2 Å². The number of aryl methyl sites for hydroxylation is 2. The second-order valence-corrected chi connectivity index (χ2v) is 7.69. The predicted octanol–water partition coefficient (Wildman–Crippen LogP) is 4.65. The van der Waals surface area contributed by atoms with E-state index in [9.17, 15) is 14.4 Å². The number of amides is 2. The average Bonchev–Trinajstić information content (AvgIpc) is 2.80. The van der Waals surface area contributed by atoms with E-state index in [1.165, 1.54) is 6.07 Å². The summed E-state index contributed by atoms with van der Waals surface area (Å²) in [5, 5.41) is 7.02. The monoisotopic (exact) mass is 463 g/mol. The largest absolute Gasteiger partial charge is 0.422 e. The number of para-hydroxylation sites is 2. The lowest BCUT2D eigenvalue weighted by atomic mass is 10.1. The Kier molecular flexibility index (Phi) is 7.58. The van der Waals surface area contributed by atoms with Crippen LogP contribution >= 0.6 is 11.6 Å². The minimum absolute atomic E-state index is 0.248. The molecule has 0 spiro atoms. The highest BCUT2D eigenvalue weighted by Crippen LogP contribution is 2.22. The van der Waals surface area contributed by atoms with Gasteiger partial charge in [0, 0.05) is 16.3 Å². The Morgan fingerprint density at radius 2 is 1.55 bits per heavy atom. The van der Waals surface area contributed by atoms with Gasteiger partial charge in [-0.1, -0.05) is 48.0 Å². The number of halogens is 1. The Bertz CT molecular complexity index is 1230. The van der Waals surface area contributed by atoms with E-state index in [2.05, 4.69) is 15.8 Å². The maximum atomic E-state index is 12.5. The van der Waals surface area contributed by atoms with Gasteiger partial charge < -0.3 is 10.1 Å². The van der Waals surface area contributed by atoms with Gasteiger partial charge in [-0.25, -0.2) is 10.2 Å². The third kappa shape index (κ3) is 6.05. The molecule has 7 nitrogen and oxygen atoms in total. The summed E-state index contributed by atoms with van der Waals surface area (Å²) >= 11 is 5.94. The summed E-state index contributed by atoms with van der Waals surface area (Å²) in [4.78, 5) is 37.0. The van der Waals surface area contributed by atoms with E-state index in [0.717, 1.165) is 11.1 Å². The number of rotatable bonds is 5. The number of hydrazone groups is 1. The molecule has 0 bridgehead atoms. The SMILES string of the molecule is C/C(=N\NC(=O)C(=O)Nc1c(C)cccc1C)c1ccccc1OC(=O)c1cccc(Cl)c1. The topological polar surface area (TPSA) is 96.9 Å². The predicted molar refractivity (Wildman–Crippen MR) is 128 cm³/mol. The first-order chi connectivity index (χ1) is 15.8. The van der Waals surface area contributed by atoms with Gasteiger partial charge in [-0.3, -0.25) is 9.59 Å². The molecule has 0 radical (unpaired) electrons. The molecule has 0 aliphatic heterocycles. The second-order valence-electron chi connectivity index (χ2n) is 7.26. The van der Waals surface area contributed by atoms with Gasteiger partial charge in [-0.2, -0.15) is 5.10 Å². The van der Waals surface area contributed by atoms with Gasteiger partial charge in [0.1, 0.15) is 5.75 Å². The van der Waals surface area contributed by atoms with E-state index in [0.29, 0.717) is 27.5 Å². The van der Waals surface area contributed by atoms with Crippen LogP contribution in [0.5, 0.6) is 5.75 Å². The minimum Gasteiger partial charge on any atom is -0.422 e. The fourth-order valence-electron chi connectivity index (χ4n) is 3.06. The van der Waals surface area contributed by atoms with Crippen LogP contribution in [0, 0.1) is 13.8 Å². The van der Waals surface area contributed by atoms with Crippen molar-refractivity contribution in [1.82, 2.24) is 5.43 Å². The molecular weight excluding hydrogens is 442 g/mol. The van der Waals surface area contributed by atoms with Crippen LogP contribution in [0.4, 0.5) is 5.69 Å². The number of ether oxygens (including phenoxy) is 1. The summed E-state index contributed by atoms with van der Waals surface area (Å²) in [6.07, 6.45) is 0. The summed E-state index contributed by atoms with van der Waals surface area (Å²) in [5.41, 5.74) is 5.61. The average molecular weight is 464 g/mol. The Labute approximate surface area is 196 Å². The molecule has 0 aromatic heterocycles. The van der Waals surface area contributed by atoms with Crippen molar-refractivity contribution in [1.29, 1.82) is 0 Å². The zero-order valence-electron chi connectivity index (χ0n) is 18.3. The molecule has 0 fully saturated rings. The van der Waals surface area contributed by atoms with Crippen molar-refractivity contribution in [3.8, 4) is 5.75 Å². The molecule has 0 atom stereocenters. The van der Waals surface area contributed by atoms with Crippen LogP contribution in [0.15, 0.2) is 71.8 Å². The van der Waals surface area contributed by atoms with Crippen LogP contribution in [0.2, 0.25) is 5.02 Å². The molecule has 8 heteroatoms. The van der Waals surface area contributed by atoms with E-state index in [1.807, 2.05) is 32.0 Å². The van der Waals surface area contributed by atoms with Crippen LogP contribution in [0.1, 0.15) is 34.0 Å². The molecule has 3 rings (SSSR count). The number of nitrogens with one attached hydrogen (secondary N) is 2. The van der Waals surface area contributed by atoms with Crippen molar-refractivity contribution in [2.45, 2.75) is 20.8 Å². The van der Waals surface area contributed by atoms with Crippen molar-refractivity contribution in [3.63, 3.8) is 0 Å². The normalized spacial score (nSPS) is 11.0. The van der Waals surface area contributed by atoms with E-state index in [1.54, 1.807) is 49.4 Å². The van der Waals surface area contributed by atoms with E-state index >= 15 is 0 Å². The quantitative estimate of drug-likeness (QED) is 0.189. The lowest BCUT2D eigenvalue weighted by Gasteiger charge is -2.11. The minimum atomic E-state index is -0.926. The first kappa shape index (κ1) is 23.7. The first-order valence-corrected chi connectivity index (χ1v) is 10.4. The van der Waals surface area contributed by atoms with Crippen molar-refractivity contribution in [2.75, 3.05) is 5.32 Å². The van der Waals surface area contributed by atoms with Crippen molar-refractivity contribution in [3.05, 3.63) is 94.0 Å². The van der Waals surface area contributed by atoms with Crippen molar-refractivity contribution >= 4 is 40.8 Å². The highest BCUT2D eigenvalue weighted by atomic mass is 35.5. The molecule has 0 aliphatic carbocycles. The number of carbonyl (C=O) groups excluding carboxylic acids is 3. The molecule has 0 heterocycles. The first-order valence-electron chi connectivity index (χ1n) is 10.0. The zero-order chi connectivity index (χ0) is 24.0. The fraction of sp³-hybridized carbons (Fsp3) is 0.120. The molecular formula is C25H22ClN3O4. The van der Waals surface area contributed by atoms with Gasteiger partial charge in [0.15, 0.2) is 0 Å². The van der Waals surface area contributed by atoms with Crippen LogP contribution in [0.3, 0.4) is 0 Å². The zero-order valence-corrected chi connectivity index (χ0v) is 19.1. The van der Waals surface area contributed by atoms with E-state index in [-0.39, 0.29) is 5.75 Å². The van der Waals surface area contributed by atoms with Gasteiger partial charge in [0.05, 0.1) is 11.3 Å². The molecule has 3 aromatic rings. The maximum absolute atomic E-state index is 12.5. The molecule has 0 aliphatic rings. The standard InChI is InChI=1S/C25H22ClN3O4/c1-15-8-6-9-16(2)22(15)27-23(30)24(31)29-28-17(3)20-12-4-5-13-21(20)33-25(32)18-10-7-11-19(26)14-18/h4-14H,1-3H3,(H,27,30)(H,29,31)/b28-17+. The summed E-state index contributed by atoms with van der Waals surface area (Å²) in [6, 6.07) is 18.7. The van der Waals surface area contributed by atoms with Crippen molar-refractivity contribution < 1.29 is 19.1 Å². The third-order valence-electron chi connectivity index (χ3n) is 4.79. The lowest BCUT2D eigenvalue weighted by Crippen LogP contribution is -2.33. The molecule has 2 amide bonds. The van der Waals surface area contributed by atoms with Crippen LogP contribution in [-0.2, 0) is 9.59 Å². The fourth-order valence-corrected chi connectivity index (χ4v) is 3.25. The van der Waals surface area contributed by atoms with Gasteiger partial charge >= 0.3 is 17.8 Å². The number of hydrogen-bond donors (Lipinski definition) is 2. The van der Waals surface area contributed by atoms with Gasteiger partial charge in [0.25, 0.3) is 0 Å². The summed E-state index contributed by atoms with van der Waals surface area (Å²) < 4.78 is 5.50. The Hall–Kier alpha value is -3.97. The third-order valence-corrected chi connectivity index (χ3v) is 5.03. The number of anilines is 1. The molecule has 33 heavy (non-hydrogen) atoms. The van der Waals surface area contributed by atoms with Crippen molar-refractivity contribution in [2.24, 2.45) is 5.10 Å². The van der Waals surface area contributed by atoms with Crippen LogP contribution in [-0.4, -0.2) is 23.5 Å². The van der Waals surface area contributed by atoms with E-state index < -0.39 is 17.8 Å². The number of esters is 1. The highest BCUT2D eigenvalue weighted by Gasteiger charge is 2.17. The highest BCUT2D eigenvalue weighted by molar-refractivity contribution is 6.39. The van der Waals surface area contributed by atoms with Gasteiger partial charge in [0.2, 0.25) is 0 Å². The lowest BCUT2D eigenvalue weighted by molar-refractivity contribution is -0.136. The number of benzene rings is 3. The number of nitrogens with zero attached hydrogens (tertiary/aromatic N) is 1. The molecule has 168 valence electrons. The molecule has 0 saturated heterocycles. The summed E-state index contributed by atoms with van der Waals surface area (Å²) in [5.74, 6) is -2.11. The summed E-state index contributed by atoms with van der Waals surface area (Å²) in [6.45, 7) is 5.30. The van der Waals surface area contributed by atoms with Crippen LogP contribution < -0.4 is 15.5 Å². The Morgan fingerprint density at radius 1 is 0.879 bits per heavy atom. The molecule has 3 aromatic carbocycles. The Balaban J connectivity index is 1.71. The van der Waals surface area contributed by atoms with Gasteiger partial charge in [-0.15, -0.1) is 0 Å². The maximum Gasteiger partial charge on any atom is 0.343 e. The molecule has 0 saturated carbocycles. The number of hydrogen-bond acceptors (Lipinski definition) is 5. The second kappa shape index (κ2) is 10.6. The number of carbonyl (C=O) groups is 3. The van der Waals surface area contributed by atoms with E-state index in [4.69, 9.17) is 16.3 Å². The molecule has 2 N–H and O–H groups in total. The Morgan fingerprint density at radius 3 is 2.24 bits per heavy atom. The summed E-state index contributed by atoms with van der Waals surface area (Å²) in [7, 11) is 0.